The number of hydrogen-bond acceptors (Lipinski definition) is 3. The molecule has 0 spiro atoms. The molecule has 1 heterocycles. The first-order chi connectivity index (χ1) is 8.97. The molecule has 3 atom stereocenters. The molecule has 3 unspecified atom stereocenters. The Bertz CT molecular complexity index is 452. The molecular weight excluding hydrogens is 242 g/mol. The fraction of sp³-hybridized carbons (Fsp3) is 0.667. The zero-order valence-electron chi connectivity index (χ0n) is 11.9. The van der Waals surface area contributed by atoms with E-state index >= 15 is 0 Å². The molecule has 2 rings (SSSR count). The molecule has 0 amide bonds. The number of hydrogen-bond donors (Lipinski definition) is 2. The fourth-order valence-electron chi connectivity index (χ4n) is 3.04. The smallest absolute Gasteiger partial charge is 0.339 e. The Morgan fingerprint density at radius 1 is 1.47 bits per heavy atom. The maximum Gasteiger partial charge on any atom is 0.339 e. The molecule has 19 heavy (non-hydrogen) atoms. The highest BCUT2D eigenvalue weighted by Gasteiger charge is 2.25. The Morgan fingerprint density at radius 2 is 2.21 bits per heavy atom. The molecule has 106 valence electrons. The molecule has 1 fully saturated rings. The molecule has 4 heteroatoms. The summed E-state index contributed by atoms with van der Waals surface area (Å²) < 4.78 is 5.48. The number of furan rings is 1. The van der Waals surface area contributed by atoms with Crippen molar-refractivity contribution in [3.63, 3.8) is 0 Å². The van der Waals surface area contributed by atoms with Crippen molar-refractivity contribution >= 4 is 5.97 Å². The van der Waals surface area contributed by atoms with Gasteiger partial charge in [0.25, 0.3) is 0 Å². The summed E-state index contributed by atoms with van der Waals surface area (Å²) in [4.78, 5) is 10.9. The van der Waals surface area contributed by atoms with Crippen molar-refractivity contribution < 1.29 is 14.3 Å². The number of carboxylic acid groups (broad SMARTS) is 1. The van der Waals surface area contributed by atoms with Crippen molar-refractivity contribution in [3.8, 4) is 0 Å². The van der Waals surface area contributed by atoms with Crippen LogP contribution in [0.2, 0.25) is 0 Å². The second kappa shape index (κ2) is 5.78. The van der Waals surface area contributed by atoms with E-state index in [0.29, 0.717) is 30.0 Å². The summed E-state index contributed by atoms with van der Waals surface area (Å²) in [6.07, 6.45) is 3.71. The van der Waals surface area contributed by atoms with Gasteiger partial charge in [0, 0.05) is 6.04 Å². The van der Waals surface area contributed by atoms with E-state index in [2.05, 4.69) is 19.2 Å². The topological polar surface area (TPSA) is 62.5 Å². The normalized spacial score (nSPS) is 27.4. The molecule has 1 aromatic rings. The quantitative estimate of drug-likeness (QED) is 0.877. The lowest BCUT2D eigenvalue weighted by molar-refractivity contribution is 0.0695. The van der Waals surface area contributed by atoms with Gasteiger partial charge in [-0.3, -0.25) is 0 Å². The van der Waals surface area contributed by atoms with Crippen LogP contribution in [-0.2, 0) is 6.54 Å². The van der Waals surface area contributed by atoms with E-state index in [-0.39, 0.29) is 5.56 Å². The van der Waals surface area contributed by atoms with Gasteiger partial charge in [0.05, 0.1) is 6.54 Å². The van der Waals surface area contributed by atoms with Gasteiger partial charge in [-0.15, -0.1) is 0 Å². The number of carbonyl (C=O) groups is 1. The predicted octanol–water partition coefficient (Wildman–Crippen LogP) is 3.20. The summed E-state index contributed by atoms with van der Waals surface area (Å²) in [5.74, 6) is 1.75. The van der Waals surface area contributed by atoms with Gasteiger partial charge < -0.3 is 14.8 Å². The minimum atomic E-state index is -0.924. The van der Waals surface area contributed by atoms with Crippen LogP contribution in [0, 0.1) is 18.8 Å². The number of carboxylic acids is 1. The van der Waals surface area contributed by atoms with Crippen LogP contribution < -0.4 is 5.32 Å². The van der Waals surface area contributed by atoms with Crippen LogP contribution in [0.1, 0.15) is 55.0 Å². The summed E-state index contributed by atoms with van der Waals surface area (Å²) in [5, 5.41) is 12.5. The molecule has 0 aromatic carbocycles. The summed E-state index contributed by atoms with van der Waals surface area (Å²) in [6.45, 7) is 6.89. The zero-order chi connectivity index (χ0) is 14.0. The molecule has 1 aromatic heterocycles. The number of aromatic carboxylic acids is 1. The van der Waals surface area contributed by atoms with Crippen LogP contribution >= 0.6 is 0 Å². The van der Waals surface area contributed by atoms with Gasteiger partial charge in [-0.25, -0.2) is 4.79 Å². The van der Waals surface area contributed by atoms with E-state index in [1.54, 1.807) is 13.0 Å². The fourth-order valence-corrected chi connectivity index (χ4v) is 3.04. The average Bonchev–Trinajstić information content (AvgIpc) is 2.69. The Labute approximate surface area is 114 Å². The van der Waals surface area contributed by atoms with Gasteiger partial charge in [-0.1, -0.05) is 13.8 Å². The minimum absolute atomic E-state index is 0.266. The van der Waals surface area contributed by atoms with Crippen LogP contribution in [0.25, 0.3) is 0 Å². The first-order valence-electron chi connectivity index (χ1n) is 7.03. The third-order valence-electron chi connectivity index (χ3n) is 4.17. The third kappa shape index (κ3) is 3.38. The van der Waals surface area contributed by atoms with Crippen molar-refractivity contribution in [1.82, 2.24) is 5.32 Å². The Balaban J connectivity index is 1.92. The van der Waals surface area contributed by atoms with Crippen LogP contribution in [0.15, 0.2) is 10.5 Å². The van der Waals surface area contributed by atoms with Gasteiger partial charge in [0.1, 0.15) is 17.1 Å². The molecule has 0 saturated heterocycles. The van der Waals surface area contributed by atoms with Gasteiger partial charge in [0.2, 0.25) is 0 Å². The highest BCUT2D eigenvalue weighted by molar-refractivity contribution is 5.88. The maximum atomic E-state index is 10.9. The highest BCUT2D eigenvalue weighted by atomic mass is 16.4. The summed E-state index contributed by atoms with van der Waals surface area (Å²) in [6, 6.07) is 2.13. The Hall–Kier alpha value is -1.29. The monoisotopic (exact) mass is 265 g/mol. The summed E-state index contributed by atoms with van der Waals surface area (Å²) >= 11 is 0. The SMILES string of the molecule is Cc1oc(CNC2CCC(C)CC2C)cc1C(=O)O. The van der Waals surface area contributed by atoms with Crippen LogP contribution in [-0.4, -0.2) is 17.1 Å². The van der Waals surface area contributed by atoms with Gasteiger partial charge in [0.15, 0.2) is 0 Å². The van der Waals surface area contributed by atoms with Gasteiger partial charge >= 0.3 is 5.97 Å². The first kappa shape index (κ1) is 14.1. The Morgan fingerprint density at radius 3 is 2.79 bits per heavy atom. The molecule has 1 aliphatic carbocycles. The molecule has 0 radical (unpaired) electrons. The van der Waals surface area contributed by atoms with E-state index in [4.69, 9.17) is 9.52 Å². The lowest BCUT2D eigenvalue weighted by Gasteiger charge is -2.33. The highest BCUT2D eigenvalue weighted by Crippen LogP contribution is 2.28. The zero-order valence-corrected chi connectivity index (χ0v) is 11.9. The molecule has 1 saturated carbocycles. The first-order valence-corrected chi connectivity index (χ1v) is 7.03. The van der Waals surface area contributed by atoms with E-state index in [1.807, 2.05) is 0 Å². The molecule has 1 aliphatic rings. The lowest BCUT2D eigenvalue weighted by atomic mass is 9.80. The largest absolute Gasteiger partial charge is 0.478 e. The van der Waals surface area contributed by atoms with Crippen LogP contribution in [0.3, 0.4) is 0 Å². The van der Waals surface area contributed by atoms with E-state index in [9.17, 15) is 4.79 Å². The predicted molar refractivity (Wildman–Crippen MR) is 73.2 cm³/mol. The Kier molecular flexibility index (Phi) is 4.30. The second-order valence-corrected chi connectivity index (χ2v) is 5.87. The molecule has 4 nitrogen and oxygen atoms in total. The molecular formula is C15H23NO3. The van der Waals surface area contributed by atoms with Crippen molar-refractivity contribution in [2.75, 3.05) is 0 Å². The molecule has 0 aliphatic heterocycles. The van der Waals surface area contributed by atoms with E-state index in [0.717, 1.165) is 5.92 Å². The lowest BCUT2D eigenvalue weighted by Crippen LogP contribution is -2.38. The van der Waals surface area contributed by atoms with E-state index < -0.39 is 5.97 Å². The van der Waals surface area contributed by atoms with Gasteiger partial charge in [-0.05, 0) is 44.1 Å². The van der Waals surface area contributed by atoms with Gasteiger partial charge in [-0.2, -0.15) is 0 Å². The molecule has 0 bridgehead atoms. The standard InChI is InChI=1S/C15H23NO3/c1-9-4-5-14(10(2)6-9)16-8-12-7-13(15(17)18)11(3)19-12/h7,9-10,14,16H,4-6,8H2,1-3H3,(H,17,18). The third-order valence-corrected chi connectivity index (χ3v) is 4.17. The van der Waals surface area contributed by atoms with Crippen molar-refractivity contribution in [2.45, 2.75) is 52.6 Å². The summed E-state index contributed by atoms with van der Waals surface area (Å²) in [7, 11) is 0. The van der Waals surface area contributed by atoms with Crippen LogP contribution in [0.5, 0.6) is 0 Å². The minimum Gasteiger partial charge on any atom is -0.478 e. The van der Waals surface area contributed by atoms with Crippen molar-refractivity contribution in [3.05, 3.63) is 23.2 Å². The van der Waals surface area contributed by atoms with Crippen LogP contribution in [0.4, 0.5) is 0 Å². The number of aryl methyl sites for hydroxylation is 1. The number of nitrogens with one attached hydrogen (secondary N) is 1. The average molecular weight is 265 g/mol. The van der Waals surface area contributed by atoms with Crippen molar-refractivity contribution in [2.24, 2.45) is 11.8 Å². The number of rotatable bonds is 4. The second-order valence-electron chi connectivity index (χ2n) is 5.87. The van der Waals surface area contributed by atoms with Crippen molar-refractivity contribution in [1.29, 1.82) is 0 Å². The summed E-state index contributed by atoms with van der Waals surface area (Å²) in [5.41, 5.74) is 0.266. The van der Waals surface area contributed by atoms with E-state index in [1.165, 1.54) is 19.3 Å². The molecule has 2 N–H and O–H groups in total. The maximum absolute atomic E-state index is 10.9.